The zero-order valence-corrected chi connectivity index (χ0v) is 12.1. The minimum absolute atomic E-state index is 0.0484. The van der Waals surface area contributed by atoms with E-state index in [0.717, 1.165) is 36.9 Å². The molecule has 1 aromatic rings. The number of hydrogen-bond donors (Lipinski definition) is 2. The molecule has 2 fully saturated rings. The largest absolute Gasteiger partial charge is 0.378 e. The van der Waals surface area contributed by atoms with E-state index >= 15 is 0 Å². The normalized spacial score (nSPS) is 31.3. The first-order chi connectivity index (χ1) is 9.59. The summed E-state index contributed by atoms with van der Waals surface area (Å²) in [6, 6.07) is 8.07. The molecule has 5 nitrogen and oxygen atoms in total. The maximum atomic E-state index is 10.4. The van der Waals surface area contributed by atoms with Crippen LogP contribution < -0.4 is 4.90 Å². The zero-order valence-electron chi connectivity index (χ0n) is 12.1. The quantitative estimate of drug-likeness (QED) is 0.869. The van der Waals surface area contributed by atoms with Gasteiger partial charge in [0.15, 0.2) is 0 Å². The van der Waals surface area contributed by atoms with Crippen molar-refractivity contribution in [1.82, 2.24) is 10.1 Å². The van der Waals surface area contributed by atoms with Crippen molar-refractivity contribution in [3.05, 3.63) is 29.8 Å². The first-order valence-corrected chi connectivity index (χ1v) is 7.31. The van der Waals surface area contributed by atoms with Crippen molar-refractivity contribution in [3.8, 4) is 0 Å². The molecular formula is C15H23N3O2. The van der Waals surface area contributed by atoms with E-state index in [1.807, 2.05) is 43.3 Å². The van der Waals surface area contributed by atoms with E-state index in [0.29, 0.717) is 0 Å². The summed E-state index contributed by atoms with van der Waals surface area (Å²) < 4.78 is 0. The predicted octanol–water partition coefficient (Wildman–Crippen LogP) is 2.46. The van der Waals surface area contributed by atoms with Gasteiger partial charge in [-0.15, -0.1) is 0 Å². The van der Waals surface area contributed by atoms with Crippen molar-refractivity contribution in [2.75, 3.05) is 19.0 Å². The Labute approximate surface area is 119 Å². The molecule has 2 atom stereocenters. The number of nitrogens with zero attached hydrogens (tertiary/aromatic N) is 3. The monoisotopic (exact) mass is 277 g/mol. The van der Waals surface area contributed by atoms with Crippen LogP contribution in [0, 0.1) is 0 Å². The molecule has 1 aliphatic heterocycles. The van der Waals surface area contributed by atoms with Gasteiger partial charge in [-0.1, -0.05) is 25.0 Å². The van der Waals surface area contributed by atoms with E-state index in [2.05, 4.69) is 0 Å². The second-order valence-corrected chi connectivity index (χ2v) is 6.04. The number of hydrogen-bond acceptors (Lipinski definition) is 5. The molecule has 3 rings (SSSR count). The first-order valence-electron chi connectivity index (χ1n) is 7.31. The van der Waals surface area contributed by atoms with Crippen molar-refractivity contribution in [3.63, 3.8) is 0 Å². The third kappa shape index (κ3) is 2.20. The molecule has 2 N–H and O–H groups in total. The maximum absolute atomic E-state index is 10.4. The fourth-order valence-corrected chi connectivity index (χ4v) is 3.44. The SMILES string of the molecule is CN(C)c1ccc(C2N(O)C3CCCCC3N2O)cc1. The van der Waals surface area contributed by atoms with Crippen molar-refractivity contribution in [2.45, 2.75) is 43.9 Å². The van der Waals surface area contributed by atoms with Crippen molar-refractivity contribution < 1.29 is 10.4 Å². The summed E-state index contributed by atoms with van der Waals surface area (Å²) in [6.07, 6.45) is 3.70. The van der Waals surface area contributed by atoms with Gasteiger partial charge in [0.2, 0.25) is 0 Å². The molecule has 1 saturated heterocycles. The molecule has 1 aromatic carbocycles. The second-order valence-electron chi connectivity index (χ2n) is 6.04. The number of hydroxylamine groups is 4. The second kappa shape index (κ2) is 5.33. The third-order valence-electron chi connectivity index (χ3n) is 4.58. The average Bonchev–Trinajstić information content (AvgIpc) is 2.72. The van der Waals surface area contributed by atoms with Crippen LogP contribution in [0.25, 0.3) is 0 Å². The van der Waals surface area contributed by atoms with E-state index in [4.69, 9.17) is 0 Å². The molecule has 0 bridgehead atoms. The fraction of sp³-hybridized carbons (Fsp3) is 0.600. The summed E-state index contributed by atoms with van der Waals surface area (Å²) >= 11 is 0. The van der Waals surface area contributed by atoms with Gasteiger partial charge < -0.3 is 15.3 Å². The fourth-order valence-electron chi connectivity index (χ4n) is 3.44. The lowest BCUT2D eigenvalue weighted by molar-refractivity contribution is -0.211. The number of rotatable bonds is 2. The summed E-state index contributed by atoms with van der Waals surface area (Å²) in [5, 5.41) is 23.5. The zero-order chi connectivity index (χ0) is 14.3. The van der Waals surface area contributed by atoms with Crippen LogP contribution in [-0.2, 0) is 0 Å². The van der Waals surface area contributed by atoms with E-state index in [1.54, 1.807) is 0 Å². The Morgan fingerprint density at radius 2 is 1.45 bits per heavy atom. The third-order valence-corrected chi connectivity index (χ3v) is 4.58. The molecule has 2 unspecified atom stereocenters. The highest BCUT2D eigenvalue weighted by molar-refractivity contribution is 5.46. The highest BCUT2D eigenvalue weighted by Gasteiger charge is 2.47. The lowest BCUT2D eigenvalue weighted by Gasteiger charge is -2.27. The number of anilines is 1. The minimum atomic E-state index is -0.445. The molecule has 1 saturated carbocycles. The predicted molar refractivity (Wildman–Crippen MR) is 76.8 cm³/mol. The van der Waals surface area contributed by atoms with Crippen LogP contribution in [0.3, 0.4) is 0 Å². The van der Waals surface area contributed by atoms with Crippen molar-refractivity contribution in [1.29, 1.82) is 0 Å². The Kier molecular flexibility index (Phi) is 3.69. The summed E-state index contributed by atoms with van der Waals surface area (Å²) in [6.45, 7) is 0. The van der Waals surface area contributed by atoms with Gasteiger partial charge in [-0.2, -0.15) is 10.1 Å². The van der Waals surface area contributed by atoms with Crippen LogP contribution in [0.5, 0.6) is 0 Å². The molecule has 5 heteroatoms. The summed E-state index contributed by atoms with van der Waals surface area (Å²) in [5.41, 5.74) is 2.04. The Morgan fingerprint density at radius 3 is 1.90 bits per heavy atom. The van der Waals surface area contributed by atoms with Gasteiger partial charge >= 0.3 is 0 Å². The van der Waals surface area contributed by atoms with Gasteiger partial charge in [-0.3, -0.25) is 0 Å². The van der Waals surface area contributed by atoms with Gasteiger partial charge in [-0.25, -0.2) is 0 Å². The first kappa shape index (κ1) is 13.8. The molecule has 0 radical (unpaired) electrons. The molecule has 0 aromatic heterocycles. The summed E-state index contributed by atoms with van der Waals surface area (Å²) in [7, 11) is 3.99. The molecule has 2 aliphatic rings. The molecule has 0 spiro atoms. The van der Waals surface area contributed by atoms with Crippen LogP contribution >= 0.6 is 0 Å². The van der Waals surface area contributed by atoms with Crippen LogP contribution in [0.15, 0.2) is 24.3 Å². The van der Waals surface area contributed by atoms with E-state index in [-0.39, 0.29) is 12.1 Å². The molecule has 1 aliphatic carbocycles. The average molecular weight is 277 g/mol. The van der Waals surface area contributed by atoms with Crippen molar-refractivity contribution >= 4 is 5.69 Å². The Morgan fingerprint density at radius 1 is 0.950 bits per heavy atom. The molecule has 0 amide bonds. The van der Waals surface area contributed by atoms with Gasteiger partial charge in [0, 0.05) is 19.8 Å². The van der Waals surface area contributed by atoms with Crippen molar-refractivity contribution in [2.24, 2.45) is 0 Å². The smallest absolute Gasteiger partial charge is 0.136 e. The van der Waals surface area contributed by atoms with Crippen LogP contribution in [-0.4, -0.2) is 46.7 Å². The lowest BCUT2D eigenvalue weighted by atomic mass is 9.91. The van der Waals surface area contributed by atoms with Gasteiger partial charge in [0.1, 0.15) is 6.17 Å². The van der Waals surface area contributed by atoms with E-state index in [1.165, 1.54) is 10.1 Å². The molecule has 20 heavy (non-hydrogen) atoms. The standard InChI is InChI=1S/C15H23N3O2/c1-16(2)12-9-7-11(8-10-12)15-17(19)13-5-3-4-6-14(13)18(15)20/h7-10,13-15,19-20H,3-6H2,1-2H3. The van der Waals surface area contributed by atoms with Crippen LogP contribution in [0.1, 0.15) is 37.4 Å². The summed E-state index contributed by atoms with van der Waals surface area (Å²) in [4.78, 5) is 2.03. The lowest BCUT2D eigenvalue weighted by Crippen LogP contribution is -2.37. The van der Waals surface area contributed by atoms with Gasteiger partial charge in [-0.05, 0) is 30.5 Å². The number of fused-ring (bicyclic) bond motifs is 1. The van der Waals surface area contributed by atoms with Crippen LogP contribution in [0.2, 0.25) is 0 Å². The Balaban J connectivity index is 1.85. The number of benzene rings is 1. The van der Waals surface area contributed by atoms with E-state index < -0.39 is 6.17 Å². The van der Waals surface area contributed by atoms with E-state index in [9.17, 15) is 10.4 Å². The highest BCUT2D eigenvalue weighted by Crippen LogP contribution is 2.41. The maximum Gasteiger partial charge on any atom is 0.136 e. The summed E-state index contributed by atoms with van der Waals surface area (Å²) in [5.74, 6) is 0. The molecular weight excluding hydrogens is 254 g/mol. The molecule has 110 valence electrons. The topological polar surface area (TPSA) is 50.2 Å². The minimum Gasteiger partial charge on any atom is -0.378 e. The highest BCUT2D eigenvalue weighted by atomic mass is 16.6. The Hall–Kier alpha value is -1.14. The van der Waals surface area contributed by atoms with Crippen LogP contribution in [0.4, 0.5) is 5.69 Å². The Bertz CT molecular complexity index is 445. The molecule has 1 heterocycles. The van der Waals surface area contributed by atoms with Gasteiger partial charge in [0.05, 0.1) is 12.1 Å². The van der Waals surface area contributed by atoms with Gasteiger partial charge in [0.25, 0.3) is 0 Å².